The minimum Gasteiger partial charge on any atom is -0.460 e. The summed E-state index contributed by atoms with van der Waals surface area (Å²) in [6, 6.07) is 0. The van der Waals surface area contributed by atoms with Crippen molar-refractivity contribution in [1.29, 1.82) is 0 Å². The summed E-state index contributed by atoms with van der Waals surface area (Å²) in [5.74, 6) is -0.501. The second-order valence-corrected chi connectivity index (χ2v) is 4.46. The number of hydrogen-bond donors (Lipinski definition) is 1. The van der Waals surface area contributed by atoms with Crippen LogP contribution in [0.15, 0.2) is 12.7 Å². The number of esters is 1. The van der Waals surface area contributed by atoms with Crippen molar-refractivity contribution >= 4 is 13.8 Å². The molecule has 0 rings (SSSR count). The zero-order valence-electron chi connectivity index (χ0n) is 11.7. The average Bonchev–Trinajstić information content (AvgIpc) is 2.37. The number of aliphatic hydroxyl groups excluding tert-OH is 1. The minimum atomic E-state index is -3.22. The van der Waals surface area contributed by atoms with Gasteiger partial charge in [0.2, 0.25) is 0 Å². The summed E-state index contributed by atoms with van der Waals surface area (Å²) in [6.45, 7) is 9.28. The van der Waals surface area contributed by atoms with Crippen LogP contribution in [0.2, 0.25) is 0 Å². The molecular weight excluding hydrogens is 275 g/mol. The first-order chi connectivity index (χ1) is 8.99. The predicted molar refractivity (Wildman–Crippen MR) is 70.7 cm³/mol. The van der Waals surface area contributed by atoms with E-state index in [2.05, 4.69) is 11.3 Å². The van der Waals surface area contributed by atoms with E-state index in [1.165, 1.54) is 0 Å². The monoisotopic (exact) mass is 298 g/mol. The Kier molecular flexibility index (Phi) is 14.9. The van der Waals surface area contributed by atoms with Gasteiger partial charge >= 0.3 is 13.8 Å². The Morgan fingerprint density at radius 1 is 1.16 bits per heavy atom. The van der Waals surface area contributed by atoms with Crippen LogP contribution in [0.3, 0.4) is 0 Å². The van der Waals surface area contributed by atoms with Crippen LogP contribution in [0.1, 0.15) is 20.8 Å². The zero-order valence-corrected chi connectivity index (χ0v) is 12.6. The second-order valence-electron chi connectivity index (χ2n) is 2.80. The molecule has 0 saturated carbocycles. The molecule has 0 heterocycles. The van der Waals surface area contributed by atoms with E-state index in [1.54, 1.807) is 20.8 Å². The lowest BCUT2D eigenvalue weighted by molar-refractivity contribution is -0.138. The van der Waals surface area contributed by atoms with Gasteiger partial charge in [0.05, 0.1) is 26.4 Å². The maximum absolute atomic E-state index is 11.3. The van der Waals surface area contributed by atoms with E-state index < -0.39 is 13.8 Å². The van der Waals surface area contributed by atoms with E-state index >= 15 is 0 Å². The van der Waals surface area contributed by atoms with Crippen LogP contribution in [-0.4, -0.2) is 44.1 Å². The molecule has 0 radical (unpaired) electrons. The number of hydrogen-bond acceptors (Lipinski definition) is 7. The summed E-state index contributed by atoms with van der Waals surface area (Å²) in [6.07, 6.45) is 1.05. The summed E-state index contributed by atoms with van der Waals surface area (Å²) in [7, 11) is -3.22. The highest BCUT2D eigenvalue weighted by atomic mass is 31.2. The molecule has 0 bridgehead atoms. The minimum absolute atomic E-state index is 0.0465. The lowest BCUT2D eigenvalue weighted by Gasteiger charge is -2.14. The normalized spacial score (nSPS) is 10.3. The van der Waals surface area contributed by atoms with Gasteiger partial charge in [-0.3, -0.25) is 13.6 Å². The third-order valence-electron chi connectivity index (χ3n) is 1.36. The molecule has 0 aliphatic carbocycles. The van der Waals surface area contributed by atoms with Gasteiger partial charge < -0.3 is 9.84 Å². The highest BCUT2D eigenvalue weighted by Gasteiger charge is 2.23. The fraction of sp³-hybridized carbons (Fsp3) is 0.727. The van der Waals surface area contributed by atoms with Crippen LogP contribution in [-0.2, 0) is 27.7 Å². The predicted octanol–water partition coefficient (Wildman–Crippen LogP) is 1.91. The van der Waals surface area contributed by atoms with E-state index in [9.17, 15) is 9.36 Å². The molecular formula is C11H23O7P. The van der Waals surface area contributed by atoms with E-state index in [0.717, 1.165) is 6.08 Å². The first-order valence-corrected chi connectivity index (χ1v) is 7.39. The molecule has 0 amide bonds. The molecule has 1 N–H and O–H groups in total. The lowest BCUT2D eigenvalue weighted by Crippen LogP contribution is -2.04. The standard InChI is InChI=1S/C6H15O4P.C5H8O3/c1-4-8-11(7,9-5-2)10-6-3;1-2-5(7)8-4-3-6/h4-6H2,1-3H3;2,6H,1,3-4H2. The van der Waals surface area contributed by atoms with Gasteiger partial charge in [0.25, 0.3) is 0 Å². The zero-order chi connectivity index (χ0) is 15.1. The topological polar surface area (TPSA) is 91.3 Å². The first-order valence-electron chi connectivity index (χ1n) is 5.93. The van der Waals surface area contributed by atoms with E-state index in [-0.39, 0.29) is 13.2 Å². The molecule has 0 aliphatic rings. The Bertz CT molecular complexity index is 256. The summed E-state index contributed by atoms with van der Waals surface area (Å²) >= 11 is 0. The highest BCUT2D eigenvalue weighted by molar-refractivity contribution is 7.48. The van der Waals surface area contributed by atoms with Gasteiger partial charge in [-0.25, -0.2) is 9.36 Å². The molecule has 0 aliphatic heterocycles. The van der Waals surface area contributed by atoms with E-state index in [0.29, 0.717) is 19.8 Å². The van der Waals surface area contributed by atoms with Gasteiger partial charge in [0.15, 0.2) is 0 Å². The number of carbonyl (C=O) groups excluding carboxylic acids is 1. The summed E-state index contributed by atoms with van der Waals surface area (Å²) < 4.78 is 30.1. The van der Waals surface area contributed by atoms with Gasteiger partial charge in [-0.1, -0.05) is 6.58 Å². The maximum atomic E-state index is 11.3. The van der Waals surface area contributed by atoms with Crippen LogP contribution in [0, 0.1) is 0 Å². The molecule has 0 atom stereocenters. The fourth-order valence-electron chi connectivity index (χ4n) is 0.791. The summed E-state index contributed by atoms with van der Waals surface area (Å²) in [5, 5.41) is 8.10. The van der Waals surface area contributed by atoms with Crippen LogP contribution >= 0.6 is 7.82 Å². The van der Waals surface area contributed by atoms with Gasteiger partial charge in [-0.2, -0.15) is 0 Å². The van der Waals surface area contributed by atoms with Crippen LogP contribution in [0.4, 0.5) is 0 Å². The SMILES string of the molecule is C=CC(=O)OCCO.CCOP(=O)(OCC)OCC. The van der Waals surface area contributed by atoms with Crippen molar-refractivity contribution in [1.82, 2.24) is 0 Å². The van der Waals surface area contributed by atoms with E-state index in [1.807, 2.05) is 0 Å². The molecule has 7 nitrogen and oxygen atoms in total. The third kappa shape index (κ3) is 13.5. The number of aliphatic hydroxyl groups is 1. The quantitative estimate of drug-likeness (QED) is 0.395. The number of phosphoric acid groups is 1. The van der Waals surface area contributed by atoms with Crippen molar-refractivity contribution in [2.45, 2.75) is 20.8 Å². The third-order valence-corrected chi connectivity index (χ3v) is 3.09. The molecule has 0 aromatic carbocycles. The second kappa shape index (κ2) is 13.7. The molecule has 8 heteroatoms. The Hall–Kier alpha value is -0.720. The Labute approximate surface area is 114 Å². The van der Waals surface area contributed by atoms with Crippen molar-refractivity contribution < 1.29 is 32.8 Å². The van der Waals surface area contributed by atoms with Crippen molar-refractivity contribution in [3.63, 3.8) is 0 Å². The van der Waals surface area contributed by atoms with Gasteiger partial charge in [-0.15, -0.1) is 0 Å². The fourth-order valence-corrected chi connectivity index (χ4v) is 1.96. The summed E-state index contributed by atoms with van der Waals surface area (Å²) in [4.78, 5) is 10.1. The van der Waals surface area contributed by atoms with Crippen LogP contribution < -0.4 is 0 Å². The van der Waals surface area contributed by atoms with E-state index in [4.69, 9.17) is 18.7 Å². The largest absolute Gasteiger partial charge is 0.474 e. The van der Waals surface area contributed by atoms with Gasteiger partial charge in [0, 0.05) is 6.08 Å². The molecule has 0 saturated heterocycles. The highest BCUT2D eigenvalue weighted by Crippen LogP contribution is 2.48. The Balaban J connectivity index is 0. The first kappa shape index (κ1) is 20.6. The molecule has 0 aromatic heterocycles. The van der Waals surface area contributed by atoms with Crippen molar-refractivity contribution in [2.75, 3.05) is 33.0 Å². The lowest BCUT2D eigenvalue weighted by atomic mass is 10.6. The van der Waals surface area contributed by atoms with Crippen molar-refractivity contribution in [3.05, 3.63) is 12.7 Å². The number of rotatable bonds is 9. The molecule has 0 aromatic rings. The number of phosphoric ester groups is 1. The molecule has 19 heavy (non-hydrogen) atoms. The Morgan fingerprint density at radius 2 is 1.58 bits per heavy atom. The average molecular weight is 298 g/mol. The Morgan fingerprint density at radius 3 is 1.84 bits per heavy atom. The van der Waals surface area contributed by atoms with Crippen molar-refractivity contribution in [2.24, 2.45) is 0 Å². The molecule has 0 spiro atoms. The molecule has 0 fully saturated rings. The molecule has 0 unspecified atom stereocenters. The van der Waals surface area contributed by atoms with Crippen LogP contribution in [0.5, 0.6) is 0 Å². The van der Waals surface area contributed by atoms with Crippen LogP contribution in [0.25, 0.3) is 0 Å². The number of ether oxygens (including phenoxy) is 1. The van der Waals surface area contributed by atoms with Gasteiger partial charge in [0.1, 0.15) is 6.61 Å². The summed E-state index contributed by atoms with van der Waals surface area (Å²) in [5.41, 5.74) is 0. The molecule has 114 valence electrons. The van der Waals surface area contributed by atoms with Crippen molar-refractivity contribution in [3.8, 4) is 0 Å². The number of carbonyl (C=O) groups is 1. The van der Waals surface area contributed by atoms with Gasteiger partial charge in [-0.05, 0) is 20.8 Å². The maximum Gasteiger partial charge on any atom is 0.474 e. The smallest absolute Gasteiger partial charge is 0.460 e.